The lowest BCUT2D eigenvalue weighted by Crippen LogP contribution is -2.37. The molecule has 0 aliphatic rings. The van der Waals surface area contributed by atoms with Gasteiger partial charge in [-0.2, -0.15) is 0 Å². The van der Waals surface area contributed by atoms with Crippen LogP contribution in [0.3, 0.4) is 0 Å². The van der Waals surface area contributed by atoms with E-state index >= 15 is 0 Å². The molecule has 1 aromatic carbocycles. The summed E-state index contributed by atoms with van der Waals surface area (Å²) >= 11 is 6.56. The number of esters is 1. The number of hydrogen-bond donors (Lipinski definition) is 2. The molecule has 0 heterocycles. The number of phenols is 1. The highest BCUT2D eigenvalue weighted by atomic mass is 79.9. The van der Waals surface area contributed by atoms with Gasteiger partial charge in [0.1, 0.15) is 5.75 Å². The zero-order chi connectivity index (χ0) is 14.1. The Balaban J connectivity index is 0.00000324. The van der Waals surface area contributed by atoms with Crippen LogP contribution in [0.5, 0.6) is 5.75 Å². The summed E-state index contributed by atoms with van der Waals surface area (Å²) in [4.78, 5) is 11.7. The number of hydrogen-bond acceptors (Lipinski definition) is 4. The lowest BCUT2D eigenvalue weighted by atomic mass is 9.81. The lowest BCUT2D eigenvalue weighted by molar-refractivity contribution is -0.152. The third-order valence-corrected chi connectivity index (χ3v) is 3.94. The van der Waals surface area contributed by atoms with Crippen LogP contribution >= 0.6 is 44.3 Å². The van der Waals surface area contributed by atoms with Crippen molar-refractivity contribution in [1.82, 2.24) is 0 Å². The maximum absolute atomic E-state index is 11.7. The van der Waals surface area contributed by atoms with Gasteiger partial charge in [-0.25, -0.2) is 0 Å². The van der Waals surface area contributed by atoms with Crippen molar-refractivity contribution in [2.75, 3.05) is 7.11 Å². The van der Waals surface area contributed by atoms with Crippen LogP contribution in [0.1, 0.15) is 25.5 Å². The number of rotatable bonds is 3. The Hall–Kier alpha value is -0.300. The molecule has 19 heavy (non-hydrogen) atoms. The number of carbonyl (C=O) groups is 1. The molecular weight excluding hydrogens is 401 g/mol. The molecule has 3 N–H and O–H groups in total. The van der Waals surface area contributed by atoms with Gasteiger partial charge in [-0.05, 0) is 41.9 Å². The maximum atomic E-state index is 11.7. The largest absolute Gasteiger partial charge is 0.506 e. The average molecular weight is 418 g/mol. The first kappa shape index (κ1) is 18.7. The number of carbonyl (C=O) groups excluding carboxylic acids is 1. The van der Waals surface area contributed by atoms with Crippen molar-refractivity contribution in [2.24, 2.45) is 11.1 Å². The Morgan fingerprint density at radius 1 is 1.42 bits per heavy atom. The minimum absolute atomic E-state index is 0. The molecule has 1 rings (SSSR count). The molecule has 0 saturated carbocycles. The van der Waals surface area contributed by atoms with Gasteiger partial charge in [-0.1, -0.05) is 15.9 Å². The third kappa shape index (κ3) is 3.84. The molecule has 7 heteroatoms. The standard InChI is InChI=1S/C12H15Br2NO3.ClH/c1-12(2,11(17)18-3)10(15)7-4-6(13)5-8(14)9(7)16;/h4-5,10,16H,15H2,1-3H3;1H/t10-;/m1./s1. The molecule has 0 amide bonds. The maximum Gasteiger partial charge on any atom is 0.313 e. The van der Waals surface area contributed by atoms with Crippen molar-refractivity contribution in [1.29, 1.82) is 0 Å². The van der Waals surface area contributed by atoms with E-state index in [1.165, 1.54) is 7.11 Å². The first-order chi connectivity index (χ1) is 8.21. The number of nitrogens with two attached hydrogens (primary N) is 1. The number of halogens is 3. The van der Waals surface area contributed by atoms with Crippen LogP contribution < -0.4 is 5.73 Å². The summed E-state index contributed by atoms with van der Waals surface area (Å²) in [7, 11) is 1.31. The van der Waals surface area contributed by atoms with Gasteiger partial charge in [0.15, 0.2) is 0 Å². The Morgan fingerprint density at radius 2 is 1.95 bits per heavy atom. The van der Waals surface area contributed by atoms with E-state index in [9.17, 15) is 9.90 Å². The van der Waals surface area contributed by atoms with Crippen LogP contribution in [-0.2, 0) is 9.53 Å². The molecule has 1 atom stereocenters. The fraction of sp³-hybridized carbons (Fsp3) is 0.417. The smallest absolute Gasteiger partial charge is 0.313 e. The molecule has 4 nitrogen and oxygen atoms in total. The molecule has 1 aromatic rings. The molecule has 0 aliphatic carbocycles. The minimum atomic E-state index is -0.938. The Morgan fingerprint density at radius 3 is 2.42 bits per heavy atom. The van der Waals surface area contributed by atoms with Gasteiger partial charge >= 0.3 is 5.97 Å². The molecule has 0 unspecified atom stereocenters. The van der Waals surface area contributed by atoms with E-state index in [1.54, 1.807) is 26.0 Å². The van der Waals surface area contributed by atoms with Gasteiger partial charge in [-0.15, -0.1) is 12.4 Å². The molecule has 0 spiro atoms. The second-order valence-electron chi connectivity index (χ2n) is 4.52. The molecular formula is C12H16Br2ClNO3. The normalized spacial score (nSPS) is 12.5. The Kier molecular flexibility index (Phi) is 6.82. The Labute approximate surface area is 135 Å². The van der Waals surface area contributed by atoms with Crippen molar-refractivity contribution in [3.8, 4) is 5.75 Å². The topological polar surface area (TPSA) is 72.5 Å². The first-order valence-electron chi connectivity index (χ1n) is 5.23. The average Bonchev–Trinajstić information content (AvgIpc) is 2.31. The summed E-state index contributed by atoms with van der Waals surface area (Å²) < 4.78 is 6.01. The van der Waals surface area contributed by atoms with Crippen LogP contribution in [0.2, 0.25) is 0 Å². The van der Waals surface area contributed by atoms with E-state index in [0.717, 1.165) is 4.47 Å². The van der Waals surface area contributed by atoms with Crippen LogP contribution in [0, 0.1) is 5.41 Å². The van der Waals surface area contributed by atoms with Crippen LogP contribution in [-0.4, -0.2) is 18.2 Å². The first-order valence-corrected chi connectivity index (χ1v) is 6.82. The fourth-order valence-electron chi connectivity index (χ4n) is 1.60. The van der Waals surface area contributed by atoms with Crippen LogP contribution in [0.4, 0.5) is 0 Å². The van der Waals surface area contributed by atoms with Crippen molar-refractivity contribution in [2.45, 2.75) is 19.9 Å². The highest BCUT2D eigenvalue weighted by Crippen LogP contribution is 2.41. The Bertz CT molecular complexity index is 480. The van der Waals surface area contributed by atoms with E-state index in [-0.39, 0.29) is 18.2 Å². The molecule has 0 fully saturated rings. The minimum Gasteiger partial charge on any atom is -0.506 e. The molecule has 0 saturated heterocycles. The number of benzene rings is 1. The second-order valence-corrected chi connectivity index (χ2v) is 6.29. The van der Waals surface area contributed by atoms with Crippen LogP contribution in [0.25, 0.3) is 0 Å². The van der Waals surface area contributed by atoms with Gasteiger partial charge in [0, 0.05) is 16.1 Å². The van der Waals surface area contributed by atoms with Gasteiger partial charge in [0.25, 0.3) is 0 Å². The predicted molar refractivity (Wildman–Crippen MR) is 83.5 cm³/mol. The summed E-state index contributed by atoms with van der Waals surface area (Å²) in [6, 6.07) is 2.71. The fourth-order valence-corrected chi connectivity index (χ4v) is 2.86. The van der Waals surface area contributed by atoms with Gasteiger partial charge in [0.2, 0.25) is 0 Å². The monoisotopic (exact) mass is 415 g/mol. The van der Waals surface area contributed by atoms with E-state index in [1.807, 2.05) is 0 Å². The quantitative estimate of drug-likeness (QED) is 0.738. The van der Waals surface area contributed by atoms with E-state index in [0.29, 0.717) is 10.0 Å². The predicted octanol–water partition coefficient (Wildman–Crippen LogP) is 3.54. The summed E-state index contributed by atoms with van der Waals surface area (Å²) in [5.74, 6) is -0.395. The van der Waals surface area contributed by atoms with Crippen molar-refractivity contribution in [3.05, 3.63) is 26.6 Å². The number of aromatic hydroxyl groups is 1. The van der Waals surface area contributed by atoms with Crippen molar-refractivity contribution in [3.63, 3.8) is 0 Å². The highest BCUT2D eigenvalue weighted by molar-refractivity contribution is 9.11. The summed E-state index contributed by atoms with van der Waals surface area (Å²) in [5.41, 5.74) is 5.63. The SMILES string of the molecule is COC(=O)C(C)(C)[C@H](N)c1cc(Br)cc(Br)c1O.Cl. The molecule has 0 bridgehead atoms. The zero-order valence-electron chi connectivity index (χ0n) is 10.7. The van der Waals surface area contributed by atoms with Gasteiger partial charge < -0.3 is 15.6 Å². The van der Waals surface area contributed by atoms with E-state index < -0.39 is 17.4 Å². The number of phenolic OH excluding ortho intramolecular Hbond substituents is 1. The third-order valence-electron chi connectivity index (χ3n) is 2.88. The summed E-state index contributed by atoms with van der Waals surface area (Å²) in [6.45, 7) is 3.36. The van der Waals surface area contributed by atoms with Crippen molar-refractivity contribution < 1.29 is 14.6 Å². The van der Waals surface area contributed by atoms with Gasteiger partial charge in [0.05, 0.1) is 17.0 Å². The lowest BCUT2D eigenvalue weighted by Gasteiger charge is -2.29. The van der Waals surface area contributed by atoms with Crippen LogP contribution in [0.15, 0.2) is 21.1 Å². The number of methoxy groups -OCH3 is 1. The molecule has 108 valence electrons. The number of ether oxygens (including phenoxy) is 1. The zero-order valence-corrected chi connectivity index (χ0v) is 14.7. The molecule has 0 radical (unpaired) electrons. The highest BCUT2D eigenvalue weighted by Gasteiger charge is 2.38. The molecule has 0 aromatic heterocycles. The summed E-state index contributed by atoms with van der Waals surface area (Å²) in [5, 5.41) is 10.0. The second kappa shape index (κ2) is 6.92. The van der Waals surface area contributed by atoms with E-state index in [2.05, 4.69) is 31.9 Å². The molecule has 0 aliphatic heterocycles. The van der Waals surface area contributed by atoms with E-state index in [4.69, 9.17) is 10.5 Å². The summed E-state index contributed by atoms with van der Waals surface area (Å²) in [6.07, 6.45) is 0. The van der Waals surface area contributed by atoms with Crippen molar-refractivity contribution >= 4 is 50.2 Å². The van der Waals surface area contributed by atoms with Gasteiger partial charge in [-0.3, -0.25) is 4.79 Å².